The first-order valence-corrected chi connectivity index (χ1v) is 5.42. The molecule has 2 rings (SSSR count). The van der Waals surface area contributed by atoms with Gasteiger partial charge >= 0.3 is 0 Å². The van der Waals surface area contributed by atoms with Gasteiger partial charge in [0.2, 0.25) is 0 Å². The summed E-state index contributed by atoms with van der Waals surface area (Å²) in [4.78, 5) is 2.36. The second-order valence-electron chi connectivity index (χ2n) is 3.88. The van der Waals surface area contributed by atoms with E-state index in [4.69, 9.17) is 4.74 Å². The Morgan fingerprint density at radius 2 is 2.13 bits per heavy atom. The molecule has 0 N–H and O–H groups in total. The Labute approximate surface area is 89.7 Å². The molecular formula is C12H16FNO. The van der Waals surface area contributed by atoms with E-state index in [-0.39, 0.29) is 11.9 Å². The summed E-state index contributed by atoms with van der Waals surface area (Å²) in [5.74, 6) is 0.545. The van der Waals surface area contributed by atoms with Gasteiger partial charge in [0, 0.05) is 13.1 Å². The van der Waals surface area contributed by atoms with E-state index in [1.807, 2.05) is 0 Å². The van der Waals surface area contributed by atoms with Gasteiger partial charge in [-0.2, -0.15) is 0 Å². The molecule has 3 heteroatoms. The number of likely N-dealkylation sites (N-methyl/N-ethyl adjacent to an activating group) is 1. The minimum absolute atomic E-state index is 0.219. The van der Waals surface area contributed by atoms with Crippen molar-refractivity contribution in [3.8, 4) is 5.75 Å². The number of halogens is 1. The van der Waals surface area contributed by atoms with Gasteiger partial charge in [-0.3, -0.25) is 4.90 Å². The number of benzene rings is 1. The smallest absolute Gasteiger partial charge is 0.123 e. The van der Waals surface area contributed by atoms with Crippen molar-refractivity contribution in [3.05, 3.63) is 30.1 Å². The molecule has 1 aliphatic rings. The molecule has 1 aromatic carbocycles. The quantitative estimate of drug-likeness (QED) is 0.757. The van der Waals surface area contributed by atoms with E-state index in [1.165, 1.54) is 12.1 Å². The lowest BCUT2D eigenvalue weighted by molar-refractivity contribution is 0.202. The summed E-state index contributed by atoms with van der Waals surface area (Å²) in [6.07, 6.45) is 1.32. The largest absolute Gasteiger partial charge is 0.489 e. The highest BCUT2D eigenvalue weighted by Crippen LogP contribution is 2.18. The molecule has 1 aromatic rings. The number of nitrogens with zero attached hydrogens (tertiary/aromatic N) is 1. The zero-order chi connectivity index (χ0) is 10.7. The fourth-order valence-electron chi connectivity index (χ4n) is 1.89. The zero-order valence-corrected chi connectivity index (χ0v) is 8.95. The second kappa shape index (κ2) is 4.62. The fraction of sp³-hybridized carbons (Fsp3) is 0.500. The Morgan fingerprint density at radius 3 is 2.73 bits per heavy atom. The van der Waals surface area contributed by atoms with Crippen molar-refractivity contribution in [1.29, 1.82) is 0 Å². The van der Waals surface area contributed by atoms with Gasteiger partial charge in [-0.1, -0.05) is 6.92 Å². The van der Waals surface area contributed by atoms with Crippen LogP contribution in [0.4, 0.5) is 4.39 Å². The molecule has 0 amide bonds. The Kier molecular flexibility index (Phi) is 3.21. The van der Waals surface area contributed by atoms with Crippen molar-refractivity contribution < 1.29 is 9.13 Å². The van der Waals surface area contributed by atoms with Crippen LogP contribution in [0.15, 0.2) is 24.3 Å². The van der Waals surface area contributed by atoms with Gasteiger partial charge in [0.15, 0.2) is 0 Å². The maximum Gasteiger partial charge on any atom is 0.123 e. The van der Waals surface area contributed by atoms with E-state index in [9.17, 15) is 4.39 Å². The fourth-order valence-corrected chi connectivity index (χ4v) is 1.89. The number of ether oxygens (including phenoxy) is 1. The summed E-state index contributed by atoms with van der Waals surface area (Å²) in [6.45, 7) is 5.31. The normalized spacial score (nSPS) is 21.9. The SMILES string of the molecule is CCN1CCC(Oc2ccc(F)cc2)C1. The molecule has 1 saturated heterocycles. The summed E-state index contributed by atoms with van der Waals surface area (Å²) in [5, 5.41) is 0. The molecule has 0 aliphatic carbocycles. The van der Waals surface area contributed by atoms with Gasteiger partial charge in [-0.15, -0.1) is 0 Å². The average Bonchev–Trinajstić information content (AvgIpc) is 2.69. The summed E-state index contributed by atoms with van der Waals surface area (Å²) >= 11 is 0. The molecule has 1 atom stereocenters. The summed E-state index contributed by atoms with van der Waals surface area (Å²) in [6, 6.07) is 6.23. The standard InChI is InChI=1S/C12H16FNO/c1-2-14-8-7-12(9-14)15-11-5-3-10(13)4-6-11/h3-6,12H,2,7-9H2,1H3. The number of hydrogen-bond donors (Lipinski definition) is 0. The van der Waals surface area contributed by atoms with Crippen LogP contribution >= 0.6 is 0 Å². The Morgan fingerprint density at radius 1 is 1.40 bits per heavy atom. The third kappa shape index (κ3) is 2.69. The van der Waals surface area contributed by atoms with Crippen LogP contribution in [-0.2, 0) is 0 Å². The van der Waals surface area contributed by atoms with Crippen LogP contribution in [0.5, 0.6) is 5.75 Å². The number of likely N-dealkylation sites (tertiary alicyclic amines) is 1. The van der Waals surface area contributed by atoms with E-state index in [1.54, 1.807) is 12.1 Å². The van der Waals surface area contributed by atoms with Crippen molar-refractivity contribution in [2.45, 2.75) is 19.4 Å². The lowest BCUT2D eigenvalue weighted by Gasteiger charge is -2.14. The molecule has 1 aliphatic heterocycles. The van der Waals surface area contributed by atoms with Crippen molar-refractivity contribution in [1.82, 2.24) is 4.90 Å². The van der Waals surface area contributed by atoms with Gasteiger partial charge in [0.25, 0.3) is 0 Å². The van der Waals surface area contributed by atoms with Gasteiger partial charge in [-0.05, 0) is 37.2 Å². The molecular weight excluding hydrogens is 193 g/mol. The summed E-state index contributed by atoms with van der Waals surface area (Å²) in [7, 11) is 0. The van der Waals surface area contributed by atoms with Gasteiger partial charge < -0.3 is 4.74 Å². The van der Waals surface area contributed by atoms with Crippen molar-refractivity contribution in [3.63, 3.8) is 0 Å². The predicted molar refractivity (Wildman–Crippen MR) is 57.5 cm³/mol. The zero-order valence-electron chi connectivity index (χ0n) is 8.95. The first kappa shape index (κ1) is 10.4. The molecule has 0 radical (unpaired) electrons. The molecule has 0 spiro atoms. The lowest BCUT2D eigenvalue weighted by Crippen LogP contribution is -2.24. The highest BCUT2D eigenvalue weighted by Gasteiger charge is 2.22. The Bertz CT molecular complexity index is 312. The highest BCUT2D eigenvalue weighted by atomic mass is 19.1. The van der Waals surface area contributed by atoms with Crippen molar-refractivity contribution in [2.75, 3.05) is 19.6 Å². The molecule has 2 nitrogen and oxygen atoms in total. The van der Waals surface area contributed by atoms with Gasteiger partial charge in [0.1, 0.15) is 17.7 Å². The van der Waals surface area contributed by atoms with E-state index in [2.05, 4.69) is 11.8 Å². The second-order valence-corrected chi connectivity index (χ2v) is 3.88. The molecule has 0 aromatic heterocycles. The van der Waals surface area contributed by atoms with Gasteiger partial charge in [-0.25, -0.2) is 4.39 Å². The number of hydrogen-bond acceptors (Lipinski definition) is 2. The summed E-state index contributed by atoms with van der Waals surface area (Å²) < 4.78 is 18.4. The van der Waals surface area contributed by atoms with Crippen LogP contribution in [0, 0.1) is 5.82 Å². The van der Waals surface area contributed by atoms with E-state index in [0.717, 1.165) is 31.8 Å². The van der Waals surface area contributed by atoms with Crippen LogP contribution in [0.1, 0.15) is 13.3 Å². The third-order valence-electron chi connectivity index (χ3n) is 2.79. The Hall–Kier alpha value is -1.09. The van der Waals surface area contributed by atoms with Crippen LogP contribution in [0.3, 0.4) is 0 Å². The Balaban J connectivity index is 1.90. The van der Waals surface area contributed by atoms with Crippen LogP contribution in [0.25, 0.3) is 0 Å². The van der Waals surface area contributed by atoms with E-state index >= 15 is 0 Å². The predicted octanol–water partition coefficient (Wildman–Crippen LogP) is 2.30. The third-order valence-corrected chi connectivity index (χ3v) is 2.79. The van der Waals surface area contributed by atoms with E-state index < -0.39 is 0 Å². The first-order valence-electron chi connectivity index (χ1n) is 5.42. The molecule has 82 valence electrons. The molecule has 0 bridgehead atoms. The van der Waals surface area contributed by atoms with E-state index in [0.29, 0.717) is 0 Å². The molecule has 15 heavy (non-hydrogen) atoms. The monoisotopic (exact) mass is 209 g/mol. The summed E-state index contributed by atoms with van der Waals surface area (Å²) in [5.41, 5.74) is 0. The molecule has 1 heterocycles. The lowest BCUT2D eigenvalue weighted by atomic mass is 10.3. The molecule has 1 fully saturated rings. The topological polar surface area (TPSA) is 12.5 Å². The number of rotatable bonds is 3. The maximum atomic E-state index is 12.7. The van der Waals surface area contributed by atoms with Crippen LogP contribution in [0.2, 0.25) is 0 Å². The minimum Gasteiger partial charge on any atom is -0.489 e. The molecule has 1 unspecified atom stereocenters. The minimum atomic E-state index is -0.219. The van der Waals surface area contributed by atoms with Crippen molar-refractivity contribution >= 4 is 0 Å². The first-order chi connectivity index (χ1) is 7.28. The van der Waals surface area contributed by atoms with Gasteiger partial charge in [0.05, 0.1) is 0 Å². The maximum absolute atomic E-state index is 12.7. The molecule has 0 saturated carbocycles. The average molecular weight is 209 g/mol. The van der Waals surface area contributed by atoms with Crippen LogP contribution in [-0.4, -0.2) is 30.6 Å². The highest BCUT2D eigenvalue weighted by molar-refractivity contribution is 5.22. The van der Waals surface area contributed by atoms with Crippen molar-refractivity contribution in [2.24, 2.45) is 0 Å². The van der Waals surface area contributed by atoms with Crippen LogP contribution < -0.4 is 4.74 Å².